The molecule has 1 rings (SSSR count). The van der Waals surface area contributed by atoms with Crippen LogP contribution in [0, 0.1) is 0 Å². The second-order valence-electron chi connectivity index (χ2n) is 4.44. The van der Waals surface area contributed by atoms with Gasteiger partial charge in [0.1, 0.15) is 5.75 Å². The second kappa shape index (κ2) is 9.68. The minimum atomic E-state index is 0.0434. The van der Waals surface area contributed by atoms with Gasteiger partial charge in [0.15, 0.2) is 0 Å². The highest BCUT2D eigenvalue weighted by molar-refractivity contribution is 6.17. The number of carbonyl (C=O) groups excluding carboxylic acids is 1. The summed E-state index contributed by atoms with van der Waals surface area (Å²) >= 11 is 5.60. The molecule has 0 unspecified atom stereocenters. The molecule has 3 nitrogen and oxygen atoms in total. The van der Waals surface area contributed by atoms with Crippen LogP contribution in [0.25, 0.3) is 0 Å². The summed E-state index contributed by atoms with van der Waals surface area (Å²) in [7, 11) is 1.62. The highest BCUT2D eigenvalue weighted by Crippen LogP contribution is 2.17. The van der Waals surface area contributed by atoms with Crippen molar-refractivity contribution in [3.05, 3.63) is 29.8 Å². The second-order valence-corrected chi connectivity index (χ2v) is 4.82. The predicted octanol–water partition coefficient (Wildman–Crippen LogP) is 3.15. The summed E-state index contributed by atoms with van der Waals surface area (Å²) < 4.78 is 5.22. The van der Waals surface area contributed by atoms with Crippen molar-refractivity contribution in [3.8, 4) is 5.75 Å². The number of carbonyl (C=O) groups is 1. The molecule has 0 saturated carbocycles. The van der Waals surface area contributed by atoms with Gasteiger partial charge < -0.3 is 10.1 Å². The Hall–Kier alpha value is -1.22. The maximum atomic E-state index is 11.8. The van der Waals surface area contributed by atoms with Crippen molar-refractivity contribution in [2.45, 2.75) is 32.1 Å². The largest absolute Gasteiger partial charge is 0.496 e. The third kappa shape index (κ3) is 6.48. The number of rotatable bonds is 9. The van der Waals surface area contributed by atoms with Crippen LogP contribution < -0.4 is 10.1 Å². The number of benzene rings is 1. The van der Waals surface area contributed by atoms with Gasteiger partial charge in [-0.3, -0.25) is 4.79 Å². The molecule has 0 aliphatic carbocycles. The van der Waals surface area contributed by atoms with Gasteiger partial charge >= 0.3 is 0 Å². The number of nitrogens with one attached hydrogen (secondary N) is 1. The fourth-order valence-corrected chi connectivity index (χ4v) is 2.07. The average Bonchev–Trinajstić information content (AvgIpc) is 2.43. The summed E-state index contributed by atoms with van der Waals surface area (Å²) in [5.74, 6) is 1.53. The third-order valence-corrected chi connectivity index (χ3v) is 3.19. The van der Waals surface area contributed by atoms with Crippen LogP contribution in [-0.4, -0.2) is 25.4 Å². The summed E-state index contributed by atoms with van der Waals surface area (Å²) in [4.78, 5) is 11.8. The summed E-state index contributed by atoms with van der Waals surface area (Å²) in [6.07, 6.45) is 4.67. The number of amides is 1. The Bertz CT molecular complexity index is 382. The molecule has 0 aliphatic rings. The standard InChI is InChI=1S/C15H22ClNO2/c1-19-14-9-5-4-8-13(14)12-15(18)17-11-7-3-2-6-10-16/h4-5,8-9H,2-3,6-7,10-12H2,1H3,(H,17,18). The summed E-state index contributed by atoms with van der Waals surface area (Å²) in [6.45, 7) is 0.732. The molecule has 1 N–H and O–H groups in total. The van der Waals surface area contributed by atoms with Crippen molar-refractivity contribution < 1.29 is 9.53 Å². The number of methoxy groups -OCH3 is 1. The minimum absolute atomic E-state index is 0.0434. The van der Waals surface area contributed by atoms with Gasteiger partial charge in [0.05, 0.1) is 13.5 Å². The van der Waals surface area contributed by atoms with E-state index in [0.29, 0.717) is 6.42 Å². The fourth-order valence-electron chi connectivity index (χ4n) is 1.89. The molecule has 0 spiro atoms. The van der Waals surface area contributed by atoms with Gasteiger partial charge in [0.2, 0.25) is 5.91 Å². The van der Waals surface area contributed by atoms with E-state index in [0.717, 1.165) is 49.4 Å². The molecule has 1 aromatic carbocycles. The molecule has 0 aliphatic heterocycles. The quantitative estimate of drug-likeness (QED) is 0.558. The molecule has 0 aromatic heterocycles. The number of alkyl halides is 1. The fraction of sp³-hybridized carbons (Fsp3) is 0.533. The SMILES string of the molecule is COc1ccccc1CC(=O)NCCCCCCCl. The van der Waals surface area contributed by atoms with Crippen molar-refractivity contribution in [3.63, 3.8) is 0 Å². The number of hydrogen-bond acceptors (Lipinski definition) is 2. The molecule has 1 amide bonds. The Morgan fingerprint density at radius 3 is 2.68 bits per heavy atom. The molecular weight excluding hydrogens is 262 g/mol. The lowest BCUT2D eigenvalue weighted by Gasteiger charge is -2.08. The summed E-state index contributed by atoms with van der Waals surface area (Å²) in [6, 6.07) is 7.60. The van der Waals surface area contributed by atoms with Crippen LogP contribution in [0.5, 0.6) is 5.75 Å². The number of ether oxygens (including phenoxy) is 1. The van der Waals surface area contributed by atoms with E-state index in [1.54, 1.807) is 7.11 Å². The molecule has 106 valence electrons. The van der Waals surface area contributed by atoms with E-state index in [2.05, 4.69) is 5.32 Å². The van der Waals surface area contributed by atoms with Gasteiger partial charge in [-0.25, -0.2) is 0 Å². The topological polar surface area (TPSA) is 38.3 Å². The zero-order valence-electron chi connectivity index (χ0n) is 11.5. The van der Waals surface area contributed by atoms with Crippen LogP contribution in [0.1, 0.15) is 31.2 Å². The lowest BCUT2D eigenvalue weighted by molar-refractivity contribution is -0.120. The first-order valence-corrected chi connectivity index (χ1v) is 7.26. The molecule has 19 heavy (non-hydrogen) atoms. The van der Waals surface area contributed by atoms with Crippen LogP contribution in [-0.2, 0) is 11.2 Å². The van der Waals surface area contributed by atoms with Crippen LogP contribution in [0.4, 0.5) is 0 Å². The van der Waals surface area contributed by atoms with Gasteiger partial charge in [0, 0.05) is 18.0 Å². The van der Waals surface area contributed by atoms with Crippen molar-refractivity contribution in [2.24, 2.45) is 0 Å². The van der Waals surface area contributed by atoms with E-state index < -0.39 is 0 Å². The molecule has 1 aromatic rings. The van der Waals surface area contributed by atoms with E-state index in [4.69, 9.17) is 16.3 Å². The Balaban J connectivity index is 2.23. The van der Waals surface area contributed by atoms with Crippen molar-refractivity contribution in [1.82, 2.24) is 5.32 Å². The molecule has 0 saturated heterocycles. The maximum absolute atomic E-state index is 11.8. The third-order valence-electron chi connectivity index (χ3n) is 2.93. The van der Waals surface area contributed by atoms with Gasteiger partial charge in [-0.05, 0) is 18.9 Å². The average molecular weight is 284 g/mol. The van der Waals surface area contributed by atoms with Crippen LogP contribution in [0.15, 0.2) is 24.3 Å². The Morgan fingerprint density at radius 2 is 1.95 bits per heavy atom. The zero-order chi connectivity index (χ0) is 13.9. The lowest BCUT2D eigenvalue weighted by atomic mass is 10.1. The van der Waals surface area contributed by atoms with Crippen molar-refractivity contribution in [2.75, 3.05) is 19.5 Å². The Labute approximate surface area is 120 Å². The smallest absolute Gasteiger partial charge is 0.224 e. The van der Waals surface area contributed by atoms with Crippen molar-refractivity contribution in [1.29, 1.82) is 0 Å². The first kappa shape index (κ1) is 15.8. The molecule has 4 heteroatoms. The first-order valence-electron chi connectivity index (χ1n) is 6.72. The number of unbranched alkanes of at least 4 members (excludes halogenated alkanes) is 3. The van der Waals surface area contributed by atoms with Crippen molar-refractivity contribution >= 4 is 17.5 Å². The lowest BCUT2D eigenvalue weighted by Crippen LogP contribution is -2.26. The predicted molar refractivity (Wildman–Crippen MR) is 78.9 cm³/mol. The summed E-state index contributed by atoms with van der Waals surface area (Å²) in [5, 5.41) is 2.93. The van der Waals surface area contributed by atoms with E-state index in [1.807, 2.05) is 24.3 Å². The molecule has 0 radical (unpaired) electrons. The first-order chi connectivity index (χ1) is 9.27. The van der Waals surface area contributed by atoms with Crippen LogP contribution >= 0.6 is 11.6 Å². The number of para-hydroxylation sites is 1. The van der Waals surface area contributed by atoms with Gasteiger partial charge in [-0.15, -0.1) is 11.6 Å². The number of halogens is 1. The molecule has 0 heterocycles. The normalized spacial score (nSPS) is 10.2. The van der Waals surface area contributed by atoms with Gasteiger partial charge in [0.25, 0.3) is 0 Å². The van der Waals surface area contributed by atoms with Gasteiger partial charge in [-0.2, -0.15) is 0 Å². The summed E-state index contributed by atoms with van der Waals surface area (Å²) in [5.41, 5.74) is 0.921. The number of hydrogen-bond donors (Lipinski definition) is 1. The van der Waals surface area contributed by atoms with E-state index >= 15 is 0 Å². The highest BCUT2D eigenvalue weighted by atomic mass is 35.5. The Kier molecular flexibility index (Phi) is 8.07. The highest BCUT2D eigenvalue weighted by Gasteiger charge is 2.07. The zero-order valence-corrected chi connectivity index (χ0v) is 12.2. The molecule has 0 fully saturated rings. The van der Waals surface area contributed by atoms with E-state index in [-0.39, 0.29) is 5.91 Å². The van der Waals surface area contributed by atoms with E-state index in [1.165, 1.54) is 0 Å². The van der Waals surface area contributed by atoms with E-state index in [9.17, 15) is 4.79 Å². The molecule has 0 atom stereocenters. The molecule has 0 bridgehead atoms. The molecular formula is C15H22ClNO2. The monoisotopic (exact) mass is 283 g/mol. The Morgan fingerprint density at radius 1 is 1.21 bits per heavy atom. The minimum Gasteiger partial charge on any atom is -0.496 e. The van der Waals surface area contributed by atoms with Crippen LogP contribution in [0.2, 0.25) is 0 Å². The van der Waals surface area contributed by atoms with Gasteiger partial charge in [-0.1, -0.05) is 31.0 Å². The van der Waals surface area contributed by atoms with Crippen LogP contribution in [0.3, 0.4) is 0 Å². The maximum Gasteiger partial charge on any atom is 0.224 e.